The molecule has 2 rings (SSSR count). The van der Waals surface area contributed by atoms with E-state index in [4.69, 9.17) is 0 Å². The third-order valence-electron chi connectivity index (χ3n) is 3.85. The van der Waals surface area contributed by atoms with Crippen LogP contribution in [-0.2, 0) is 9.84 Å². The fraction of sp³-hybridized carbons (Fsp3) is 1.00. The van der Waals surface area contributed by atoms with Crippen molar-refractivity contribution in [2.24, 2.45) is 5.41 Å². The molecule has 0 aromatic rings. The molecule has 0 aromatic heterocycles. The summed E-state index contributed by atoms with van der Waals surface area (Å²) >= 11 is 0. The first-order valence-electron chi connectivity index (χ1n) is 6.05. The summed E-state index contributed by atoms with van der Waals surface area (Å²) in [5, 5.41) is 3.39. The van der Waals surface area contributed by atoms with Crippen LogP contribution < -0.4 is 5.32 Å². The summed E-state index contributed by atoms with van der Waals surface area (Å²) in [4.78, 5) is 2.34. The van der Waals surface area contributed by atoms with Gasteiger partial charge in [0, 0.05) is 25.7 Å². The van der Waals surface area contributed by atoms with E-state index in [1.54, 1.807) is 0 Å². The molecule has 0 aromatic carbocycles. The molecule has 1 N–H and O–H groups in total. The minimum atomic E-state index is -2.78. The van der Waals surface area contributed by atoms with Gasteiger partial charge in [-0.05, 0) is 25.3 Å². The zero-order chi connectivity index (χ0) is 11.8. The Morgan fingerprint density at radius 1 is 1.50 bits per heavy atom. The van der Waals surface area contributed by atoms with Crippen LogP contribution in [0.2, 0.25) is 0 Å². The Morgan fingerprint density at radius 3 is 2.81 bits per heavy atom. The molecule has 0 radical (unpaired) electrons. The van der Waals surface area contributed by atoms with Gasteiger partial charge in [-0.2, -0.15) is 0 Å². The smallest absolute Gasteiger partial charge is 0.153 e. The SMILES string of the molecule is CC1CS(=O)(=O)CCN1CC1(C)CCNC1. The highest BCUT2D eigenvalue weighted by molar-refractivity contribution is 7.91. The quantitative estimate of drug-likeness (QED) is 0.751. The number of hydrogen-bond donors (Lipinski definition) is 1. The number of nitrogens with one attached hydrogen (secondary N) is 1. The largest absolute Gasteiger partial charge is 0.316 e. The highest BCUT2D eigenvalue weighted by Crippen LogP contribution is 2.27. The van der Waals surface area contributed by atoms with Crippen LogP contribution in [0.1, 0.15) is 20.3 Å². The van der Waals surface area contributed by atoms with E-state index in [-0.39, 0.29) is 6.04 Å². The molecular formula is C11H22N2O2S. The first kappa shape index (κ1) is 12.3. The van der Waals surface area contributed by atoms with E-state index < -0.39 is 9.84 Å². The molecule has 0 bridgehead atoms. The van der Waals surface area contributed by atoms with Gasteiger partial charge in [0.1, 0.15) is 0 Å². The van der Waals surface area contributed by atoms with Gasteiger partial charge < -0.3 is 5.32 Å². The van der Waals surface area contributed by atoms with Crippen LogP contribution in [0.4, 0.5) is 0 Å². The van der Waals surface area contributed by atoms with Gasteiger partial charge in [-0.3, -0.25) is 4.90 Å². The lowest BCUT2D eigenvalue weighted by Crippen LogP contribution is -2.50. The summed E-state index contributed by atoms with van der Waals surface area (Å²) in [6, 6.07) is 0.177. The first-order chi connectivity index (χ1) is 7.40. The van der Waals surface area contributed by atoms with Crippen molar-refractivity contribution in [3.63, 3.8) is 0 Å². The fourth-order valence-electron chi connectivity index (χ4n) is 2.76. The average molecular weight is 246 g/mol. The lowest BCUT2D eigenvalue weighted by Gasteiger charge is -2.38. The third kappa shape index (κ3) is 2.76. The van der Waals surface area contributed by atoms with Gasteiger partial charge in [-0.15, -0.1) is 0 Å². The second-order valence-corrected chi connectivity index (χ2v) is 7.90. The molecule has 0 spiro atoms. The highest BCUT2D eigenvalue weighted by atomic mass is 32.2. The summed E-state index contributed by atoms with van der Waals surface area (Å²) in [6.45, 7) is 8.21. The van der Waals surface area contributed by atoms with Gasteiger partial charge >= 0.3 is 0 Å². The molecule has 2 heterocycles. The molecule has 2 aliphatic heterocycles. The van der Waals surface area contributed by atoms with Crippen LogP contribution in [0, 0.1) is 5.41 Å². The van der Waals surface area contributed by atoms with Crippen molar-refractivity contribution in [2.45, 2.75) is 26.3 Å². The predicted molar refractivity (Wildman–Crippen MR) is 65.3 cm³/mol. The topological polar surface area (TPSA) is 49.4 Å². The molecule has 2 fully saturated rings. The number of nitrogens with zero attached hydrogens (tertiary/aromatic N) is 1. The number of sulfone groups is 1. The van der Waals surface area contributed by atoms with E-state index in [0.29, 0.717) is 23.5 Å². The van der Waals surface area contributed by atoms with Gasteiger partial charge in [0.05, 0.1) is 11.5 Å². The Balaban J connectivity index is 1.96. The summed E-state index contributed by atoms with van der Waals surface area (Å²) < 4.78 is 23.0. The fourth-order valence-corrected chi connectivity index (χ4v) is 4.39. The van der Waals surface area contributed by atoms with Crippen molar-refractivity contribution in [1.29, 1.82) is 0 Å². The maximum atomic E-state index is 11.5. The Morgan fingerprint density at radius 2 is 2.25 bits per heavy atom. The minimum Gasteiger partial charge on any atom is -0.316 e. The molecule has 2 atom stereocenters. The number of rotatable bonds is 2. The van der Waals surface area contributed by atoms with Gasteiger partial charge in [-0.25, -0.2) is 8.42 Å². The monoisotopic (exact) mass is 246 g/mol. The molecule has 0 saturated carbocycles. The van der Waals surface area contributed by atoms with E-state index in [0.717, 1.165) is 19.6 Å². The normalized spacial score (nSPS) is 40.0. The van der Waals surface area contributed by atoms with Gasteiger partial charge in [0.2, 0.25) is 0 Å². The molecule has 94 valence electrons. The Labute approximate surface area is 98.3 Å². The molecule has 5 heteroatoms. The minimum absolute atomic E-state index is 0.177. The molecule has 2 saturated heterocycles. The molecule has 2 aliphatic rings. The standard InChI is InChI=1S/C11H22N2O2S/c1-10-7-16(14,15)6-5-13(10)9-11(2)3-4-12-8-11/h10,12H,3-9H2,1-2H3. The van der Waals surface area contributed by atoms with Crippen LogP contribution in [0.15, 0.2) is 0 Å². The molecule has 0 amide bonds. The maximum Gasteiger partial charge on any atom is 0.153 e. The van der Waals surface area contributed by atoms with Gasteiger partial charge in [-0.1, -0.05) is 6.92 Å². The van der Waals surface area contributed by atoms with Crippen LogP contribution >= 0.6 is 0 Å². The summed E-state index contributed by atoms with van der Waals surface area (Å²) in [5.41, 5.74) is 0.329. The second-order valence-electron chi connectivity index (χ2n) is 5.67. The molecule has 2 unspecified atom stereocenters. The van der Waals surface area contributed by atoms with Crippen LogP contribution in [-0.4, -0.2) is 57.0 Å². The van der Waals surface area contributed by atoms with E-state index in [2.05, 4.69) is 17.1 Å². The van der Waals surface area contributed by atoms with Crippen LogP contribution in [0.25, 0.3) is 0 Å². The van der Waals surface area contributed by atoms with Gasteiger partial charge in [0.15, 0.2) is 9.84 Å². The Bertz CT molecular complexity index is 347. The van der Waals surface area contributed by atoms with Crippen molar-refractivity contribution < 1.29 is 8.42 Å². The molecule has 16 heavy (non-hydrogen) atoms. The molecule has 0 aliphatic carbocycles. The van der Waals surface area contributed by atoms with Crippen molar-refractivity contribution in [1.82, 2.24) is 10.2 Å². The van der Waals surface area contributed by atoms with Crippen molar-refractivity contribution >= 4 is 9.84 Å². The van der Waals surface area contributed by atoms with Crippen molar-refractivity contribution in [2.75, 3.05) is 37.7 Å². The zero-order valence-corrected chi connectivity index (χ0v) is 11.0. The van der Waals surface area contributed by atoms with E-state index in [1.165, 1.54) is 6.42 Å². The van der Waals surface area contributed by atoms with E-state index in [9.17, 15) is 8.42 Å². The Kier molecular flexibility index (Phi) is 3.29. The third-order valence-corrected chi connectivity index (χ3v) is 5.64. The van der Waals surface area contributed by atoms with E-state index >= 15 is 0 Å². The van der Waals surface area contributed by atoms with Crippen LogP contribution in [0.3, 0.4) is 0 Å². The van der Waals surface area contributed by atoms with Crippen molar-refractivity contribution in [3.8, 4) is 0 Å². The predicted octanol–water partition coefficient (Wildman–Crippen LogP) is 0.105. The Hall–Kier alpha value is -0.130. The van der Waals surface area contributed by atoms with E-state index in [1.807, 2.05) is 6.92 Å². The highest BCUT2D eigenvalue weighted by Gasteiger charge is 2.35. The van der Waals surface area contributed by atoms with Gasteiger partial charge in [0.25, 0.3) is 0 Å². The van der Waals surface area contributed by atoms with Crippen molar-refractivity contribution in [3.05, 3.63) is 0 Å². The maximum absolute atomic E-state index is 11.5. The van der Waals surface area contributed by atoms with Crippen LogP contribution in [0.5, 0.6) is 0 Å². The zero-order valence-electron chi connectivity index (χ0n) is 10.2. The summed E-state index contributed by atoms with van der Waals surface area (Å²) in [7, 11) is -2.78. The summed E-state index contributed by atoms with van der Waals surface area (Å²) in [5.74, 6) is 0.664. The average Bonchev–Trinajstić information content (AvgIpc) is 2.57. The molecular weight excluding hydrogens is 224 g/mol. The first-order valence-corrected chi connectivity index (χ1v) is 7.88. The summed E-state index contributed by atoms with van der Waals surface area (Å²) in [6.07, 6.45) is 1.20. The lowest BCUT2D eigenvalue weighted by atomic mass is 9.89. The number of hydrogen-bond acceptors (Lipinski definition) is 4. The molecule has 4 nitrogen and oxygen atoms in total. The second kappa shape index (κ2) is 4.27. The lowest BCUT2D eigenvalue weighted by molar-refractivity contribution is 0.148.